The fraction of sp³-hybridized carbons (Fsp3) is 0.400. The van der Waals surface area contributed by atoms with Crippen molar-refractivity contribution in [2.24, 2.45) is 0 Å². The summed E-state index contributed by atoms with van der Waals surface area (Å²) in [4.78, 5) is 16.3. The average Bonchev–Trinajstić information content (AvgIpc) is 3.06. The maximum atomic E-state index is 12.2. The molecule has 1 atom stereocenters. The number of nitrogens with zero attached hydrogens (tertiary/aromatic N) is 3. The van der Waals surface area contributed by atoms with Crippen molar-refractivity contribution >= 4 is 24.1 Å². The van der Waals surface area contributed by atoms with Gasteiger partial charge in [-0.1, -0.05) is 0 Å². The molecule has 2 N–H and O–H groups in total. The highest BCUT2D eigenvalue weighted by Crippen LogP contribution is 2.17. The van der Waals surface area contributed by atoms with E-state index in [1.165, 1.54) is 0 Å². The number of carbonyl (C=O) groups is 1. The van der Waals surface area contributed by atoms with Crippen molar-refractivity contribution in [3.05, 3.63) is 36.3 Å². The van der Waals surface area contributed by atoms with Gasteiger partial charge in [0.25, 0.3) is 5.91 Å². The number of hydrogen-bond acceptors (Lipinski definition) is 5. The Morgan fingerprint density at radius 2 is 2.35 bits per heavy atom. The molecule has 0 spiro atoms. The Bertz CT molecular complexity index is 655. The van der Waals surface area contributed by atoms with Crippen LogP contribution in [-0.2, 0) is 0 Å². The van der Waals surface area contributed by atoms with Gasteiger partial charge in [0.15, 0.2) is 5.69 Å². The summed E-state index contributed by atoms with van der Waals surface area (Å²) in [5.74, 6) is 0.811. The van der Waals surface area contributed by atoms with E-state index in [0.717, 1.165) is 25.9 Å². The van der Waals surface area contributed by atoms with Crippen molar-refractivity contribution in [1.82, 2.24) is 20.1 Å². The van der Waals surface area contributed by atoms with Crippen molar-refractivity contribution in [3.8, 4) is 5.75 Å². The van der Waals surface area contributed by atoms with Gasteiger partial charge in [0.05, 0.1) is 13.2 Å². The molecule has 1 unspecified atom stereocenters. The number of halogens is 1. The second-order valence-corrected chi connectivity index (χ2v) is 5.22. The first-order chi connectivity index (χ1) is 10.8. The van der Waals surface area contributed by atoms with E-state index >= 15 is 0 Å². The molecule has 1 aliphatic heterocycles. The SMILES string of the molecule is COc1ccnc(NC(=O)c2ccn(C3CCCNC3)n2)c1.Cl. The van der Waals surface area contributed by atoms with Crippen LogP contribution in [0.25, 0.3) is 0 Å². The van der Waals surface area contributed by atoms with Crippen LogP contribution in [-0.4, -0.2) is 40.9 Å². The fourth-order valence-electron chi connectivity index (χ4n) is 2.51. The first kappa shape index (κ1) is 17.2. The molecular weight excluding hydrogens is 318 g/mol. The van der Waals surface area contributed by atoms with E-state index in [-0.39, 0.29) is 18.3 Å². The molecule has 3 rings (SSSR count). The number of aromatic nitrogens is 3. The van der Waals surface area contributed by atoms with Gasteiger partial charge in [0.2, 0.25) is 0 Å². The molecule has 7 nitrogen and oxygen atoms in total. The van der Waals surface area contributed by atoms with E-state index in [4.69, 9.17) is 4.74 Å². The van der Waals surface area contributed by atoms with Gasteiger partial charge in [0.1, 0.15) is 11.6 Å². The first-order valence-electron chi connectivity index (χ1n) is 7.33. The number of pyridine rings is 1. The van der Waals surface area contributed by atoms with Gasteiger partial charge < -0.3 is 15.4 Å². The van der Waals surface area contributed by atoms with Crippen molar-refractivity contribution in [2.75, 3.05) is 25.5 Å². The van der Waals surface area contributed by atoms with Crippen LogP contribution in [0.5, 0.6) is 5.75 Å². The van der Waals surface area contributed by atoms with Crippen LogP contribution in [0, 0.1) is 0 Å². The van der Waals surface area contributed by atoms with Gasteiger partial charge in [-0.3, -0.25) is 9.48 Å². The smallest absolute Gasteiger partial charge is 0.277 e. The van der Waals surface area contributed by atoms with Crippen molar-refractivity contribution < 1.29 is 9.53 Å². The number of ether oxygens (including phenoxy) is 1. The summed E-state index contributed by atoms with van der Waals surface area (Å²) in [6, 6.07) is 5.43. The van der Waals surface area contributed by atoms with Crippen molar-refractivity contribution in [1.29, 1.82) is 0 Å². The number of carbonyl (C=O) groups excluding carboxylic acids is 1. The van der Waals surface area contributed by atoms with Crippen LogP contribution >= 0.6 is 12.4 Å². The Hall–Kier alpha value is -2.12. The van der Waals surface area contributed by atoms with Crippen LogP contribution in [0.4, 0.5) is 5.82 Å². The minimum atomic E-state index is -0.275. The lowest BCUT2D eigenvalue weighted by atomic mass is 10.1. The monoisotopic (exact) mass is 337 g/mol. The molecule has 2 aromatic rings. The fourth-order valence-corrected chi connectivity index (χ4v) is 2.51. The summed E-state index contributed by atoms with van der Waals surface area (Å²) in [5, 5.41) is 10.4. The Morgan fingerprint density at radius 1 is 1.48 bits per heavy atom. The molecule has 1 saturated heterocycles. The zero-order chi connectivity index (χ0) is 15.4. The number of anilines is 1. The lowest BCUT2D eigenvalue weighted by Crippen LogP contribution is -2.32. The van der Waals surface area contributed by atoms with Crippen LogP contribution < -0.4 is 15.4 Å². The molecule has 124 valence electrons. The van der Waals surface area contributed by atoms with Gasteiger partial charge in [-0.25, -0.2) is 4.98 Å². The summed E-state index contributed by atoms with van der Waals surface area (Å²) < 4.78 is 6.97. The Balaban J connectivity index is 0.00000192. The number of nitrogens with one attached hydrogen (secondary N) is 2. The van der Waals surface area contributed by atoms with Gasteiger partial charge in [-0.05, 0) is 31.5 Å². The predicted octanol–water partition coefficient (Wildman–Crippen LogP) is 1.89. The highest BCUT2D eigenvalue weighted by Gasteiger charge is 2.18. The quantitative estimate of drug-likeness (QED) is 0.890. The molecule has 3 heterocycles. The van der Waals surface area contributed by atoms with E-state index in [2.05, 4.69) is 20.7 Å². The van der Waals surface area contributed by atoms with E-state index < -0.39 is 0 Å². The van der Waals surface area contributed by atoms with Gasteiger partial charge in [0, 0.05) is 25.0 Å². The molecule has 0 bridgehead atoms. The molecule has 2 aromatic heterocycles. The summed E-state index contributed by atoms with van der Waals surface area (Å²) in [5.41, 5.74) is 0.384. The maximum absolute atomic E-state index is 12.2. The third-order valence-corrected chi connectivity index (χ3v) is 3.69. The molecule has 0 radical (unpaired) electrons. The minimum Gasteiger partial charge on any atom is -0.497 e. The van der Waals surface area contributed by atoms with Gasteiger partial charge in [-0.2, -0.15) is 5.10 Å². The molecule has 0 saturated carbocycles. The molecule has 23 heavy (non-hydrogen) atoms. The second-order valence-electron chi connectivity index (χ2n) is 5.22. The number of methoxy groups -OCH3 is 1. The predicted molar refractivity (Wildman–Crippen MR) is 89.4 cm³/mol. The number of hydrogen-bond donors (Lipinski definition) is 2. The maximum Gasteiger partial charge on any atom is 0.277 e. The van der Waals surface area contributed by atoms with E-state index in [1.807, 2.05) is 10.9 Å². The van der Waals surface area contributed by atoms with E-state index in [9.17, 15) is 4.79 Å². The van der Waals surface area contributed by atoms with Crippen LogP contribution in [0.3, 0.4) is 0 Å². The topological polar surface area (TPSA) is 81.1 Å². The van der Waals surface area contributed by atoms with E-state index in [1.54, 1.807) is 31.5 Å². The highest BCUT2D eigenvalue weighted by molar-refractivity contribution is 6.02. The molecule has 0 aromatic carbocycles. The third-order valence-electron chi connectivity index (χ3n) is 3.69. The van der Waals surface area contributed by atoms with Crippen LogP contribution in [0.1, 0.15) is 29.4 Å². The second kappa shape index (κ2) is 7.94. The molecule has 1 aliphatic rings. The Kier molecular flexibility index (Phi) is 5.95. The lowest BCUT2D eigenvalue weighted by Gasteiger charge is -2.22. The Morgan fingerprint density at radius 3 is 3.09 bits per heavy atom. The molecular formula is C15H20ClN5O2. The van der Waals surface area contributed by atoms with Crippen molar-refractivity contribution in [2.45, 2.75) is 18.9 Å². The molecule has 1 fully saturated rings. The Labute approximate surface area is 140 Å². The summed E-state index contributed by atoms with van der Waals surface area (Å²) in [6.45, 7) is 1.94. The zero-order valence-electron chi connectivity index (χ0n) is 12.9. The van der Waals surface area contributed by atoms with E-state index in [0.29, 0.717) is 23.3 Å². The number of piperidine rings is 1. The standard InChI is InChI=1S/C15H19N5O2.ClH/c1-22-12-4-7-17-14(9-12)18-15(21)13-5-8-20(19-13)11-3-2-6-16-10-11;/h4-5,7-9,11,16H,2-3,6,10H2,1H3,(H,17,18,21);1H. The van der Waals surface area contributed by atoms with Crippen LogP contribution in [0.2, 0.25) is 0 Å². The number of amides is 1. The molecule has 1 amide bonds. The zero-order valence-corrected chi connectivity index (χ0v) is 13.7. The van der Waals surface area contributed by atoms with Crippen molar-refractivity contribution in [3.63, 3.8) is 0 Å². The number of rotatable bonds is 4. The third kappa shape index (κ3) is 4.20. The minimum absolute atomic E-state index is 0. The molecule has 0 aliphatic carbocycles. The largest absolute Gasteiger partial charge is 0.497 e. The lowest BCUT2D eigenvalue weighted by molar-refractivity contribution is 0.102. The summed E-state index contributed by atoms with van der Waals surface area (Å²) in [6.07, 6.45) is 5.64. The first-order valence-corrected chi connectivity index (χ1v) is 7.33. The summed E-state index contributed by atoms with van der Waals surface area (Å²) >= 11 is 0. The molecule has 8 heteroatoms. The average molecular weight is 338 g/mol. The highest BCUT2D eigenvalue weighted by atomic mass is 35.5. The van der Waals surface area contributed by atoms with Gasteiger partial charge >= 0.3 is 0 Å². The normalized spacial score (nSPS) is 17.2. The van der Waals surface area contributed by atoms with Gasteiger partial charge in [-0.15, -0.1) is 12.4 Å². The summed E-state index contributed by atoms with van der Waals surface area (Å²) in [7, 11) is 1.57. The van der Waals surface area contributed by atoms with Crippen LogP contribution in [0.15, 0.2) is 30.6 Å².